The summed E-state index contributed by atoms with van der Waals surface area (Å²) in [7, 11) is 1.90. The van der Waals surface area contributed by atoms with Crippen LogP contribution in [0.3, 0.4) is 0 Å². The quantitative estimate of drug-likeness (QED) is 0.898. The van der Waals surface area contributed by atoms with E-state index in [0.717, 1.165) is 31.3 Å². The molecule has 1 aromatic heterocycles. The lowest BCUT2D eigenvalue weighted by Gasteiger charge is -2.47. The predicted molar refractivity (Wildman–Crippen MR) is 96.7 cm³/mol. The summed E-state index contributed by atoms with van der Waals surface area (Å²) in [6.45, 7) is 2.83. The molecule has 2 aliphatic heterocycles. The smallest absolute Gasteiger partial charge is 0.293 e. The maximum absolute atomic E-state index is 13.0. The number of likely N-dealkylation sites (tertiary alicyclic amines) is 2. The highest BCUT2D eigenvalue weighted by Crippen LogP contribution is 2.32. The van der Waals surface area contributed by atoms with Gasteiger partial charge < -0.3 is 19.6 Å². The Bertz CT molecular complexity index is 818. The number of rotatable bonds is 4. The molecule has 7 heteroatoms. The number of piperidine rings is 2. The Labute approximate surface area is 152 Å². The van der Waals surface area contributed by atoms with Gasteiger partial charge in [-0.1, -0.05) is 17.3 Å². The van der Waals surface area contributed by atoms with Crippen molar-refractivity contribution < 1.29 is 14.1 Å². The van der Waals surface area contributed by atoms with Crippen LogP contribution in [0.1, 0.15) is 29.8 Å². The molecule has 0 saturated carbocycles. The van der Waals surface area contributed by atoms with Gasteiger partial charge in [-0.15, -0.1) is 0 Å². The first-order valence-electron chi connectivity index (χ1n) is 9.27. The number of likely N-dealkylation sites (N-methyl/N-ethyl adjacent to an activating group) is 1. The summed E-state index contributed by atoms with van der Waals surface area (Å²) in [6, 6.07) is 7.71. The Kier molecular flexibility index (Phi) is 4.63. The maximum atomic E-state index is 13.0. The summed E-state index contributed by atoms with van der Waals surface area (Å²) in [6.07, 6.45) is 2.23. The molecule has 4 rings (SSSR count). The van der Waals surface area contributed by atoms with Gasteiger partial charge in [-0.3, -0.25) is 9.59 Å². The Morgan fingerprint density at radius 2 is 2.19 bits per heavy atom. The number of benzene rings is 1. The predicted octanol–water partition coefficient (Wildman–Crippen LogP) is 1.50. The van der Waals surface area contributed by atoms with Gasteiger partial charge in [0.05, 0.1) is 5.39 Å². The monoisotopic (exact) mass is 356 g/mol. The van der Waals surface area contributed by atoms with Gasteiger partial charge in [-0.2, -0.15) is 0 Å². The third-order valence-electron chi connectivity index (χ3n) is 5.61. The Balaban J connectivity index is 1.49. The standard InChI is InChI=1S/C19H24N4O3/c1-20-9-11-23-16-8-10-22(12-13(16)6-7-17(23)24)19(25)18-14-4-2-3-5-15(14)21-26-18/h2-5,13,16,20H,6-12H2,1H3/t13-,16+/m0/s1. The summed E-state index contributed by atoms with van der Waals surface area (Å²) in [4.78, 5) is 29.1. The lowest BCUT2D eigenvalue weighted by molar-refractivity contribution is -0.140. The van der Waals surface area contributed by atoms with Crippen molar-refractivity contribution in [3.8, 4) is 0 Å². The fraction of sp³-hybridized carbons (Fsp3) is 0.526. The molecule has 2 amide bonds. The molecule has 1 N–H and O–H groups in total. The Morgan fingerprint density at radius 1 is 1.35 bits per heavy atom. The molecule has 138 valence electrons. The van der Waals surface area contributed by atoms with Crippen LogP contribution in [0, 0.1) is 5.92 Å². The van der Waals surface area contributed by atoms with Crippen LogP contribution in [0.4, 0.5) is 0 Å². The van der Waals surface area contributed by atoms with Crippen LogP contribution in [0.25, 0.3) is 10.9 Å². The van der Waals surface area contributed by atoms with E-state index in [1.54, 1.807) is 0 Å². The Hall–Kier alpha value is -2.41. The molecule has 3 heterocycles. The lowest BCUT2D eigenvalue weighted by Crippen LogP contribution is -2.57. The maximum Gasteiger partial charge on any atom is 0.293 e. The van der Waals surface area contributed by atoms with E-state index in [9.17, 15) is 9.59 Å². The van der Waals surface area contributed by atoms with Crippen molar-refractivity contribution in [3.63, 3.8) is 0 Å². The molecule has 0 unspecified atom stereocenters. The molecule has 2 saturated heterocycles. The fourth-order valence-corrected chi connectivity index (χ4v) is 4.25. The fourth-order valence-electron chi connectivity index (χ4n) is 4.25. The zero-order valence-corrected chi connectivity index (χ0v) is 15.0. The summed E-state index contributed by atoms with van der Waals surface area (Å²) < 4.78 is 5.34. The summed E-state index contributed by atoms with van der Waals surface area (Å²) >= 11 is 0. The van der Waals surface area contributed by atoms with Gasteiger partial charge in [0.25, 0.3) is 5.91 Å². The minimum absolute atomic E-state index is 0.101. The van der Waals surface area contributed by atoms with Gasteiger partial charge in [-0.05, 0) is 37.9 Å². The number of aromatic nitrogens is 1. The van der Waals surface area contributed by atoms with Crippen LogP contribution >= 0.6 is 0 Å². The van der Waals surface area contributed by atoms with E-state index in [0.29, 0.717) is 36.7 Å². The normalized spacial score (nSPS) is 23.3. The molecule has 2 aliphatic rings. The largest absolute Gasteiger partial charge is 0.350 e. The van der Waals surface area contributed by atoms with E-state index in [4.69, 9.17) is 4.52 Å². The molecular formula is C19H24N4O3. The average molecular weight is 356 g/mol. The molecule has 2 fully saturated rings. The van der Waals surface area contributed by atoms with E-state index in [-0.39, 0.29) is 17.9 Å². The number of fused-ring (bicyclic) bond motifs is 2. The highest BCUT2D eigenvalue weighted by atomic mass is 16.5. The number of nitrogens with one attached hydrogen (secondary N) is 1. The van der Waals surface area contributed by atoms with Crippen molar-refractivity contribution in [1.82, 2.24) is 20.3 Å². The minimum atomic E-state index is -0.101. The topological polar surface area (TPSA) is 78.7 Å². The van der Waals surface area contributed by atoms with Gasteiger partial charge in [0.1, 0.15) is 5.52 Å². The van der Waals surface area contributed by atoms with E-state index in [1.807, 2.05) is 41.1 Å². The number of hydrogen-bond donors (Lipinski definition) is 1. The van der Waals surface area contributed by atoms with E-state index < -0.39 is 0 Å². The molecule has 2 atom stereocenters. The van der Waals surface area contributed by atoms with E-state index >= 15 is 0 Å². The first-order valence-corrected chi connectivity index (χ1v) is 9.27. The summed E-state index contributed by atoms with van der Waals surface area (Å²) in [5.74, 6) is 0.785. The number of nitrogens with zero attached hydrogens (tertiary/aromatic N) is 3. The Morgan fingerprint density at radius 3 is 3.04 bits per heavy atom. The number of hydrogen-bond acceptors (Lipinski definition) is 5. The summed E-state index contributed by atoms with van der Waals surface area (Å²) in [5.41, 5.74) is 0.701. The zero-order chi connectivity index (χ0) is 18.1. The second-order valence-corrected chi connectivity index (χ2v) is 7.13. The van der Waals surface area contributed by atoms with Gasteiger partial charge in [-0.25, -0.2) is 0 Å². The van der Waals surface area contributed by atoms with Crippen LogP contribution in [0.5, 0.6) is 0 Å². The second kappa shape index (κ2) is 7.07. The zero-order valence-electron chi connectivity index (χ0n) is 15.0. The van der Waals surface area contributed by atoms with Gasteiger partial charge >= 0.3 is 0 Å². The SMILES string of the molecule is CNCCN1C(=O)CC[C@H]2CN(C(=O)c3onc4ccccc34)CC[C@H]21. The lowest BCUT2D eigenvalue weighted by atomic mass is 9.83. The van der Waals surface area contributed by atoms with Crippen molar-refractivity contribution >= 4 is 22.7 Å². The average Bonchev–Trinajstić information content (AvgIpc) is 3.10. The van der Waals surface area contributed by atoms with Crippen molar-refractivity contribution in [2.45, 2.75) is 25.3 Å². The molecular weight excluding hydrogens is 332 g/mol. The number of carbonyl (C=O) groups excluding carboxylic acids is 2. The van der Waals surface area contributed by atoms with E-state index in [2.05, 4.69) is 10.5 Å². The van der Waals surface area contributed by atoms with Crippen molar-refractivity contribution in [3.05, 3.63) is 30.0 Å². The van der Waals surface area contributed by atoms with Gasteiger partial charge in [0, 0.05) is 38.6 Å². The molecule has 2 aromatic rings. The first kappa shape index (κ1) is 17.0. The third kappa shape index (κ3) is 2.96. The molecule has 0 aliphatic carbocycles. The van der Waals surface area contributed by atoms with Gasteiger partial charge in [0.2, 0.25) is 11.7 Å². The van der Waals surface area contributed by atoms with E-state index in [1.165, 1.54) is 0 Å². The van der Waals surface area contributed by atoms with Crippen molar-refractivity contribution in [1.29, 1.82) is 0 Å². The molecule has 0 radical (unpaired) electrons. The number of amides is 2. The van der Waals surface area contributed by atoms with Crippen LogP contribution in [0.2, 0.25) is 0 Å². The van der Waals surface area contributed by atoms with Crippen LogP contribution in [-0.4, -0.2) is 66.0 Å². The first-order chi connectivity index (χ1) is 12.7. The minimum Gasteiger partial charge on any atom is -0.350 e. The molecule has 26 heavy (non-hydrogen) atoms. The van der Waals surface area contributed by atoms with Gasteiger partial charge in [0.15, 0.2) is 0 Å². The molecule has 0 spiro atoms. The molecule has 1 aromatic carbocycles. The van der Waals surface area contributed by atoms with Crippen molar-refractivity contribution in [2.24, 2.45) is 5.92 Å². The van der Waals surface area contributed by atoms with Crippen LogP contribution in [0.15, 0.2) is 28.8 Å². The van der Waals surface area contributed by atoms with Crippen molar-refractivity contribution in [2.75, 3.05) is 33.2 Å². The molecule has 0 bridgehead atoms. The highest BCUT2D eigenvalue weighted by molar-refractivity contribution is 6.03. The summed E-state index contributed by atoms with van der Waals surface area (Å²) in [5, 5.41) is 7.86. The van der Waals surface area contributed by atoms with Crippen LogP contribution < -0.4 is 5.32 Å². The highest BCUT2D eigenvalue weighted by Gasteiger charge is 2.40. The number of carbonyl (C=O) groups is 2. The van der Waals surface area contributed by atoms with Crippen LogP contribution in [-0.2, 0) is 4.79 Å². The second-order valence-electron chi connectivity index (χ2n) is 7.13. The third-order valence-corrected chi connectivity index (χ3v) is 5.61. The molecule has 7 nitrogen and oxygen atoms in total.